The van der Waals surface area contributed by atoms with E-state index in [0.717, 1.165) is 17.7 Å². The quantitative estimate of drug-likeness (QED) is 0.925. The lowest BCUT2D eigenvalue weighted by Crippen LogP contribution is -2.15. The molecule has 0 aliphatic rings. The van der Waals surface area contributed by atoms with E-state index < -0.39 is 11.7 Å². The predicted octanol–water partition coefficient (Wildman–Crippen LogP) is 2.79. The summed E-state index contributed by atoms with van der Waals surface area (Å²) in [4.78, 5) is 8.07. The third-order valence-electron chi connectivity index (χ3n) is 2.51. The summed E-state index contributed by atoms with van der Waals surface area (Å²) in [6, 6.07) is 6.80. The number of nitrogens with zero attached hydrogens (tertiary/aromatic N) is 2. The molecule has 0 amide bonds. The first kappa shape index (κ1) is 13.5. The molecule has 0 bridgehead atoms. The van der Waals surface area contributed by atoms with Crippen LogP contribution in [0.4, 0.5) is 13.2 Å². The Morgan fingerprint density at radius 3 is 2.16 bits per heavy atom. The Morgan fingerprint density at radius 2 is 1.58 bits per heavy atom. The second-order valence-corrected chi connectivity index (χ2v) is 3.96. The average molecular weight is 267 g/mol. The lowest BCUT2D eigenvalue weighted by Gasteiger charge is -2.08. The summed E-state index contributed by atoms with van der Waals surface area (Å²) in [5, 5.41) is 3.07. The lowest BCUT2D eigenvalue weighted by molar-refractivity contribution is -0.137. The third kappa shape index (κ3) is 4.03. The van der Waals surface area contributed by atoms with Crippen LogP contribution >= 0.6 is 0 Å². The first-order chi connectivity index (χ1) is 9.05. The fraction of sp³-hybridized carbons (Fsp3) is 0.231. The van der Waals surface area contributed by atoms with Crippen molar-refractivity contribution in [2.24, 2.45) is 0 Å². The molecule has 2 aromatic rings. The Hall–Kier alpha value is -1.95. The number of halogens is 3. The zero-order chi connectivity index (χ0) is 13.7. The molecule has 0 unspecified atom stereocenters. The zero-order valence-corrected chi connectivity index (χ0v) is 9.98. The van der Waals surface area contributed by atoms with Crippen molar-refractivity contribution in [1.29, 1.82) is 0 Å². The van der Waals surface area contributed by atoms with Crippen LogP contribution in [0.1, 0.15) is 17.0 Å². The minimum Gasteiger partial charge on any atom is -0.306 e. The molecule has 1 N–H and O–H groups in total. The monoisotopic (exact) mass is 267 g/mol. The molecule has 100 valence electrons. The Balaban J connectivity index is 1.87. The van der Waals surface area contributed by atoms with Crippen molar-refractivity contribution in [3.8, 4) is 0 Å². The van der Waals surface area contributed by atoms with Crippen LogP contribution in [0, 0.1) is 0 Å². The molecule has 1 aromatic heterocycles. The molecule has 2 rings (SSSR count). The average Bonchev–Trinajstić information content (AvgIpc) is 2.39. The van der Waals surface area contributed by atoms with Gasteiger partial charge in [-0.3, -0.25) is 0 Å². The summed E-state index contributed by atoms with van der Waals surface area (Å²) in [5.41, 5.74) is 0.145. The second kappa shape index (κ2) is 5.79. The van der Waals surface area contributed by atoms with E-state index in [1.807, 2.05) is 0 Å². The van der Waals surface area contributed by atoms with Gasteiger partial charge in [0.2, 0.25) is 0 Å². The van der Waals surface area contributed by atoms with Gasteiger partial charge in [0.1, 0.15) is 5.82 Å². The highest BCUT2D eigenvalue weighted by Crippen LogP contribution is 2.28. The highest BCUT2D eigenvalue weighted by molar-refractivity contribution is 5.24. The smallest absolute Gasteiger partial charge is 0.306 e. The molecule has 0 atom stereocenters. The number of benzene rings is 1. The molecule has 6 heteroatoms. The maximum Gasteiger partial charge on any atom is 0.416 e. The predicted molar refractivity (Wildman–Crippen MR) is 64.0 cm³/mol. The SMILES string of the molecule is FC(F)(F)c1ccc(CNCc2ncccn2)cc1. The summed E-state index contributed by atoms with van der Waals surface area (Å²) in [7, 11) is 0. The second-order valence-electron chi connectivity index (χ2n) is 3.96. The number of aromatic nitrogens is 2. The molecule has 3 nitrogen and oxygen atoms in total. The minimum atomic E-state index is -4.29. The Labute approximate surface area is 108 Å². The Bertz CT molecular complexity index is 509. The molecular formula is C13H12F3N3. The van der Waals surface area contributed by atoms with Crippen LogP contribution in [-0.2, 0) is 19.3 Å². The summed E-state index contributed by atoms with van der Waals surface area (Å²) in [6.45, 7) is 0.943. The van der Waals surface area contributed by atoms with Gasteiger partial charge in [0.15, 0.2) is 0 Å². The van der Waals surface area contributed by atoms with Crippen molar-refractivity contribution in [3.63, 3.8) is 0 Å². The van der Waals surface area contributed by atoms with E-state index >= 15 is 0 Å². The summed E-state index contributed by atoms with van der Waals surface area (Å²) in [5.74, 6) is 0.648. The van der Waals surface area contributed by atoms with Crippen LogP contribution in [0.2, 0.25) is 0 Å². The molecular weight excluding hydrogens is 255 g/mol. The standard InChI is InChI=1S/C13H12F3N3/c14-13(15,16)11-4-2-10(3-5-11)8-17-9-12-18-6-1-7-19-12/h1-7,17H,8-9H2. The van der Waals surface area contributed by atoms with E-state index in [1.165, 1.54) is 12.1 Å². The number of rotatable bonds is 4. The van der Waals surface area contributed by atoms with Gasteiger partial charge in [-0.2, -0.15) is 13.2 Å². The van der Waals surface area contributed by atoms with Crippen LogP contribution < -0.4 is 5.32 Å². The molecule has 1 aromatic carbocycles. The molecule has 0 saturated carbocycles. The van der Waals surface area contributed by atoms with Crippen molar-refractivity contribution in [2.75, 3.05) is 0 Å². The number of hydrogen-bond acceptors (Lipinski definition) is 3. The highest BCUT2D eigenvalue weighted by Gasteiger charge is 2.29. The van der Waals surface area contributed by atoms with Gasteiger partial charge in [0.25, 0.3) is 0 Å². The largest absolute Gasteiger partial charge is 0.416 e. The van der Waals surface area contributed by atoms with E-state index in [1.54, 1.807) is 18.5 Å². The number of alkyl halides is 3. The molecule has 19 heavy (non-hydrogen) atoms. The molecule has 0 saturated heterocycles. The fourth-order valence-electron chi connectivity index (χ4n) is 1.55. The van der Waals surface area contributed by atoms with E-state index in [-0.39, 0.29) is 0 Å². The normalized spacial score (nSPS) is 11.5. The van der Waals surface area contributed by atoms with Gasteiger partial charge < -0.3 is 5.32 Å². The first-order valence-electron chi connectivity index (χ1n) is 5.68. The lowest BCUT2D eigenvalue weighted by atomic mass is 10.1. The summed E-state index contributed by atoms with van der Waals surface area (Å²) in [6.07, 6.45) is -1.01. The minimum absolute atomic E-state index is 0.469. The first-order valence-corrected chi connectivity index (χ1v) is 5.68. The molecule has 0 aliphatic carbocycles. The molecule has 0 spiro atoms. The Morgan fingerprint density at radius 1 is 0.947 bits per heavy atom. The van der Waals surface area contributed by atoms with Gasteiger partial charge in [-0.25, -0.2) is 9.97 Å². The van der Waals surface area contributed by atoms with Crippen LogP contribution in [0.15, 0.2) is 42.7 Å². The Kier molecular flexibility index (Phi) is 4.11. The molecule has 0 fully saturated rings. The fourth-order valence-corrected chi connectivity index (χ4v) is 1.55. The number of hydrogen-bond donors (Lipinski definition) is 1. The summed E-state index contributed by atoms with van der Waals surface area (Å²) < 4.78 is 37.1. The van der Waals surface area contributed by atoms with Crippen LogP contribution in [0.25, 0.3) is 0 Å². The van der Waals surface area contributed by atoms with Crippen molar-refractivity contribution in [2.45, 2.75) is 19.3 Å². The van der Waals surface area contributed by atoms with E-state index in [4.69, 9.17) is 0 Å². The van der Waals surface area contributed by atoms with E-state index in [9.17, 15) is 13.2 Å². The zero-order valence-electron chi connectivity index (χ0n) is 9.98. The van der Waals surface area contributed by atoms with Gasteiger partial charge in [-0.15, -0.1) is 0 Å². The van der Waals surface area contributed by atoms with Gasteiger partial charge >= 0.3 is 6.18 Å². The van der Waals surface area contributed by atoms with Crippen molar-refractivity contribution in [1.82, 2.24) is 15.3 Å². The van der Waals surface area contributed by atoms with Gasteiger partial charge in [-0.05, 0) is 23.8 Å². The van der Waals surface area contributed by atoms with Crippen LogP contribution in [-0.4, -0.2) is 9.97 Å². The third-order valence-corrected chi connectivity index (χ3v) is 2.51. The molecule has 0 radical (unpaired) electrons. The van der Waals surface area contributed by atoms with Crippen LogP contribution in [0.5, 0.6) is 0 Å². The van der Waals surface area contributed by atoms with Crippen molar-refractivity contribution >= 4 is 0 Å². The topological polar surface area (TPSA) is 37.8 Å². The van der Waals surface area contributed by atoms with E-state index in [0.29, 0.717) is 18.9 Å². The molecule has 0 aliphatic heterocycles. The summed E-state index contributed by atoms with van der Waals surface area (Å²) >= 11 is 0. The van der Waals surface area contributed by atoms with Gasteiger partial charge in [0.05, 0.1) is 12.1 Å². The van der Waals surface area contributed by atoms with Gasteiger partial charge in [0, 0.05) is 18.9 Å². The van der Waals surface area contributed by atoms with Crippen LogP contribution in [0.3, 0.4) is 0 Å². The number of nitrogens with one attached hydrogen (secondary N) is 1. The highest BCUT2D eigenvalue weighted by atomic mass is 19.4. The van der Waals surface area contributed by atoms with E-state index in [2.05, 4.69) is 15.3 Å². The maximum atomic E-state index is 12.4. The van der Waals surface area contributed by atoms with Crippen molar-refractivity contribution < 1.29 is 13.2 Å². The maximum absolute atomic E-state index is 12.4. The van der Waals surface area contributed by atoms with Crippen molar-refractivity contribution in [3.05, 3.63) is 59.7 Å². The van der Waals surface area contributed by atoms with Gasteiger partial charge in [-0.1, -0.05) is 12.1 Å². The molecule has 1 heterocycles.